The first kappa shape index (κ1) is 13.8. The molecule has 1 aliphatic rings. The highest BCUT2D eigenvalue weighted by Gasteiger charge is 2.18. The Morgan fingerprint density at radius 2 is 2.05 bits per heavy atom. The van der Waals surface area contributed by atoms with Crippen molar-refractivity contribution >= 4 is 5.82 Å². The molecule has 1 aromatic carbocycles. The van der Waals surface area contributed by atoms with Crippen molar-refractivity contribution in [1.82, 2.24) is 9.97 Å². The van der Waals surface area contributed by atoms with E-state index in [-0.39, 0.29) is 5.75 Å². The number of fused-ring (bicyclic) bond motifs is 1. The average molecular weight is 287 g/mol. The van der Waals surface area contributed by atoms with E-state index in [2.05, 4.69) is 15.3 Å². The van der Waals surface area contributed by atoms with Gasteiger partial charge in [-0.25, -0.2) is 14.4 Å². The number of phenolic OH excluding ortho intramolecular Hbond substituents is 1. The lowest BCUT2D eigenvalue weighted by molar-refractivity contribution is 0.432. The van der Waals surface area contributed by atoms with Gasteiger partial charge in [0.1, 0.15) is 5.82 Å². The molecule has 5 heteroatoms. The van der Waals surface area contributed by atoms with E-state index in [1.165, 1.54) is 17.7 Å². The van der Waals surface area contributed by atoms with Crippen molar-refractivity contribution in [2.75, 3.05) is 11.9 Å². The number of aryl methyl sites for hydroxylation is 1. The molecule has 110 valence electrons. The second-order valence-corrected chi connectivity index (χ2v) is 5.22. The van der Waals surface area contributed by atoms with Crippen LogP contribution in [0.5, 0.6) is 5.75 Å². The van der Waals surface area contributed by atoms with Crippen LogP contribution < -0.4 is 5.32 Å². The molecule has 1 aromatic heterocycles. The largest absolute Gasteiger partial charge is 0.505 e. The SMILES string of the molecule is CCNc1nc(-c2ccc(O)c(F)c2)nc2c1CCCC2. The van der Waals surface area contributed by atoms with E-state index in [1.807, 2.05) is 6.92 Å². The monoisotopic (exact) mass is 287 g/mol. The number of hydrogen-bond donors (Lipinski definition) is 2. The van der Waals surface area contributed by atoms with Crippen LogP contribution in [0.25, 0.3) is 11.4 Å². The quantitative estimate of drug-likeness (QED) is 0.909. The summed E-state index contributed by atoms with van der Waals surface area (Å²) < 4.78 is 13.5. The number of anilines is 1. The third kappa shape index (κ3) is 2.68. The molecule has 1 aliphatic carbocycles. The highest BCUT2D eigenvalue weighted by Crippen LogP contribution is 2.29. The number of phenols is 1. The molecular weight excluding hydrogens is 269 g/mol. The van der Waals surface area contributed by atoms with Crippen LogP contribution in [0.4, 0.5) is 10.2 Å². The molecule has 0 saturated heterocycles. The first-order chi connectivity index (χ1) is 10.2. The van der Waals surface area contributed by atoms with Crippen LogP contribution in [-0.2, 0) is 12.8 Å². The molecule has 0 aliphatic heterocycles. The van der Waals surface area contributed by atoms with Gasteiger partial charge in [0.15, 0.2) is 17.4 Å². The molecule has 0 bridgehead atoms. The number of aromatic nitrogens is 2. The van der Waals surface area contributed by atoms with Crippen LogP contribution in [0.1, 0.15) is 31.0 Å². The van der Waals surface area contributed by atoms with Gasteiger partial charge in [0.2, 0.25) is 0 Å². The van der Waals surface area contributed by atoms with Crippen LogP contribution in [-0.4, -0.2) is 21.6 Å². The van der Waals surface area contributed by atoms with Crippen molar-refractivity contribution in [2.45, 2.75) is 32.6 Å². The Labute approximate surface area is 123 Å². The zero-order valence-electron chi connectivity index (χ0n) is 12.0. The van der Waals surface area contributed by atoms with Crippen molar-refractivity contribution in [1.29, 1.82) is 0 Å². The molecule has 4 nitrogen and oxygen atoms in total. The van der Waals surface area contributed by atoms with Gasteiger partial charge in [-0.1, -0.05) is 0 Å². The Morgan fingerprint density at radius 3 is 2.81 bits per heavy atom. The lowest BCUT2D eigenvalue weighted by atomic mass is 9.96. The zero-order chi connectivity index (χ0) is 14.8. The summed E-state index contributed by atoms with van der Waals surface area (Å²) >= 11 is 0. The van der Waals surface area contributed by atoms with Crippen LogP contribution in [0, 0.1) is 5.82 Å². The smallest absolute Gasteiger partial charge is 0.165 e. The van der Waals surface area contributed by atoms with Gasteiger partial charge in [-0.05, 0) is 50.8 Å². The minimum absolute atomic E-state index is 0.358. The predicted molar refractivity (Wildman–Crippen MR) is 79.9 cm³/mol. The first-order valence-electron chi connectivity index (χ1n) is 7.31. The number of nitrogens with one attached hydrogen (secondary N) is 1. The van der Waals surface area contributed by atoms with E-state index in [0.717, 1.165) is 43.7 Å². The molecule has 0 fully saturated rings. The first-order valence-corrected chi connectivity index (χ1v) is 7.31. The maximum atomic E-state index is 13.5. The Balaban J connectivity index is 2.09. The van der Waals surface area contributed by atoms with Gasteiger partial charge in [0.05, 0.1) is 0 Å². The molecule has 0 amide bonds. The number of halogens is 1. The van der Waals surface area contributed by atoms with Gasteiger partial charge in [-0.3, -0.25) is 0 Å². The minimum atomic E-state index is -0.654. The standard InChI is InChI=1S/C16H18FN3O/c1-2-18-16-11-5-3-4-6-13(11)19-15(20-16)10-7-8-14(21)12(17)9-10/h7-9,21H,2-6H2,1H3,(H,18,19,20). The molecule has 0 atom stereocenters. The number of hydrogen-bond acceptors (Lipinski definition) is 4. The highest BCUT2D eigenvalue weighted by molar-refractivity contribution is 5.61. The Kier molecular flexibility index (Phi) is 3.73. The highest BCUT2D eigenvalue weighted by atomic mass is 19.1. The summed E-state index contributed by atoms with van der Waals surface area (Å²) in [6.45, 7) is 2.81. The second kappa shape index (κ2) is 5.68. The molecule has 2 aromatic rings. The average Bonchev–Trinajstić information content (AvgIpc) is 2.50. The lowest BCUT2D eigenvalue weighted by Crippen LogP contribution is -2.13. The van der Waals surface area contributed by atoms with Crippen molar-refractivity contribution in [2.24, 2.45) is 0 Å². The van der Waals surface area contributed by atoms with Crippen LogP contribution in [0.2, 0.25) is 0 Å². The summed E-state index contributed by atoms with van der Waals surface area (Å²) in [5, 5.41) is 12.6. The molecular formula is C16H18FN3O. The van der Waals surface area contributed by atoms with E-state index >= 15 is 0 Å². The maximum Gasteiger partial charge on any atom is 0.165 e. The van der Waals surface area contributed by atoms with Crippen molar-refractivity contribution < 1.29 is 9.50 Å². The van der Waals surface area contributed by atoms with E-state index < -0.39 is 5.82 Å². The Hall–Kier alpha value is -2.17. The Bertz CT molecular complexity index is 673. The van der Waals surface area contributed by atoms with Crippen LogP contribution in [0.15, 0.2) is 18.2 Å². The summed E-state index contributed by atoms with van der Waals surface area (Å²) in [6, 6.07) is 4.24. The molecule has 0 spiro atoms. The minimum Gasteiger partial charge on any atom is -0.505 e. The molecule has 2 N–H and O–H groups in total. The van der Waals surface area contributed by atoms with Gasteiger partial charge in [0, 0.05) is 23.4 Å². The van der Waals surface area contributed by atoms with Crippen LogP contribution in [0.3, 0.4) is 0 Å². The molecule has 0 unspecified atom stereocenters. The number of aromatic hydroxyl groups is 1. The third-order valence-electron chi connectivity index (χ3n) is 3.73. The van der Waals surface area contributed by atoms with E-state index in [4.69, 9.17) is 0 Å². The van der Waals surface area contributed by atoms with Crippen molar-refractivity contribution in [3.05, 3.63) is 35.3 Å². The van der Waals surface area contributed by atoms with E-state index in [9.17, 15) is 9.50 Å². The number of rotatable bonds is 3. The molecule has 21 heavy (non-hydrogen) atoms. The van der Waals surface area contributed by atoms with Crippen LogP contribution >= 0.6 is 0 Å². The second-order valence-electron chi connectivity index (χ2n) is 5.22. The molecule has 3 rings (SSSR count). The van der Waals surface area contributed by atoms with Gasteiger partial charge in [0.25, 0.3) is 0 Å². The summed E-state index contributed by atoms with van der Waals surface area (Å²) in [4.78, 5) is 9.14. The van der Waals surface area contributed by atoms with Gasteiger partial charge >= 0.3 is 0 Å². The molecule has 1 heterocycles. The number of nitrogens with zero attached hydrogens (tertiary/aromatic N) is 2. The van der Waals surface area contributed by atoms with Crippen molar-refractivity contribution in [3.63, 3.8) is 0 Å². The summed E-state index contributed by atoms with van der Waals surface area (Å²) in [5.74, 6) is 0.346. The fourth-order valence-corrected chi connectivity index (χ4v) is 2.68. The van der Waals surface area contributed by atoms with E-state index in [1.54, 1.807) is 6.07 Å². The Morgan fingerprint density at radius 1 is 1.24 bits per heavy atom. The summed E-state index contributed by atoms with van der Waals surface area (Å²) in [6.07, 6.45) is 4.20. The third-order valence-corrected chi connectivity index (χ3v) is 3.73. The van der Waals surface area contributed by atoms with Gasteiger partial charge in [-0.15, -0.1) is 0 Å². The lowest BCUT2D eigenvalue weighted by Gasteiger charge is -2.19. The maximum absolute atomic E-state index is 13.5. The normalized spacial score (nSPS) is 13.8. The topological polar surface area (TPSA) is 58.0 Å². The molecule has 0 radical (unpaired) electrons. The zero-order valence-corrected chi connectivity index (χ0v) is 12.0. The molecule has 0 saturated carbocycles. The number of benzene rings is 1. The van der Waals surface area contributed by atoms with Crippen molar-refractivity contribution in [3.8, 4) is 17.1 Å². The van der Waals surface area contributed by atoms with Gasteiger partial charge < -0.3 is 10.4 Å². The summed E-state index contributed by atoms with van der Waals surface area (Å²) in [5.41, 5.74) is 2.82. The predicted octanol–water partition coefficient (Wildman–Crippen LogP) is 3.30. The van der Waals surface area contributed by atoms with E-state index in [0.29, 0.717) is 11.4 Å². The fraction of sp³-hybridized carbons (Fsp3) is 0.375. The summed E-state index contributed by atoms with van der Waals surface area (Å²) in [7, 11) is 0. The van der Waals surface area contributed by atoms with Gasteiger partial charge in [-0.2, -0.15) is 0 Å². The fourth-order valence-electron chi connectivity index (χ4n) is 2.68.